The molecule has 0 saturated heterocycles. The number of nitrogens with zero attached hydrogens (tertiary/aromatic N) is 3. The molecule has 2 aromatic heterocycles. The quantitative estimate of drug-likeness (QED) is 0.284. The van der Waals surface area contributed by atoms with Crippen LogP contribution in [0.1, 0.15) is 65.2 Å². The molecule has 5 nitrogen and oxygen atoms in total. The Labute approximate surface area is 200 Å². The summed E-state index contributed by atoms with van der Waals surface area (Å²) in [6.45, 7) is 4.98. The number of hydrogen-bond donors (Lipinski definition) is 0. The highest BCUT2D eigenvalue weighted by molar-refractivity contribution is 7.13. The van der Waals surface area contributed by atoms with E-state index < -0.39 is 6.10 Å². The van der Waals surface area contributed by atoms with Crippen LogP contribution in [-0.2, 0) is 4.79 Å². The highest BCUT2D eigenvalue weighted by atomic mass is 32.1. The van der Waals surface area contributed by atoms with Crippen LogP contribution in [0.4, 0.5) is 5.69 Å². The summed E-state index contributed by atoms with van der Waals surface area (Å²) in [6, 6.07) is 11.9. The molecule has 33 heavy (non-hydrogen) atoms. The lowest BCUT2D eigenvalue weighted by atomic mass is 10.1. The first-order chi connectivity index (χ1) is 16.2. The maximum atomic E-state index is 13.1. The number of hydrogen-bond acceptors (Lipinski definition) is 5. The number of ether oxygens (including phenoxy) is 1. The van der Waals surface area contributed by atoms with Gasteiger partial charge in [-0.2, -0.15) is 0 Å². The Morgan fingerprint density at radius 1 is 1.00 bits per heavy atom. The van der Waals surface area contributed by atoms with E-state index in [-0.39, 0.29) is 5.91 Å². The predicted molar refractivity (Wildman–Crippen MR) is 136 cm³/mol. The average Bonchev–Trinajstić information content (AvgIpc) is 3.35. The van der Waals surface area contributed by atoms with Crippen LogP contribution in [0.3, 0.4) is 0 Å². The molecule has 0 N–H and O–H groups in total. The van der Waals surface area contributed by atoms with E-state index in [9.17, 15) is 4.79 Å². The first kappa shape index (κ1) is 23.4. The number of unbranched alkanes of at least 4 members (excludes halogenated alkanes) is 6. The third-order valence-electron chi connectivity index (χ3n) is 6.10. The van der Waals surface area contributed by atoms with Crippen molar-refractivity contribution < 1.29 is 9.53 Å². The molecule has 1 aliphatic rings. The molecule has 6 heteroatoms. The topological polar surface area (TPSA) is 55.3 Å². The van der Waals surface area contributed by atoms with Crippen molar-refractivity contribution in [2.75, 3.05) is 11.4 Å². The number of benzene rings is 1. The highest BCUT2D eigenvalue weighted by Crippen LogP contribution is 2.39. The molecule has 0 radical (unpaired) electrons. The number of fused-ring (bicyclic) bond motifs is 1. The summed E-state index contributed by atoms with van der Waals surface area (Å²) in [4.78, 5) is 24.3. The standard InChI is InChI=1S/C27H33N3O2S/c1-3-5-6-7-8-9-12-17-30-23-18-20(14-15-25(23)32-24(4-2)27(30)31)22-19-33-26(29-22)21-13-10-11-16-28-21/h10-11,13-16,18-19,24H,3-9,12,17H2,1-2H3. The van der Waals surface area contributed by atoms with Gasteiger partial charge >= 0.3 is 0 Å². The van der Waals surface area contributed by atoms with Crippen molar-refractivity contribution in [3.8, 4) is 27.7 Å². The molecule has 1 aliphatic heterocycles. The number of rotatable bonds is 11. The second kappa shape index (κ2) is 11.4. The Kier molecular flexibility index (Phi) is 8.10. The summed E-state index contributed by atoms with van der Waals surface area (Å²) in [7, 11) is 0. The largest absolute Gasteiger partial charge is 0.478 e. The van der Waals surface area contributed by atoms with E-state index in [2.05, 4.69) is 18.0 Å². The smallest absolute Gasteiger partial charge is 0.268 e. The lowest BCUT2D eigenvalue weighted by molar-refractivity contribution is -0.126. The number of pyridine rings is 1. The molecule has 4 rings (SSSR count). The van der Waals surface area contributed by atoms with E-state index in [1.165, 1.54) is 32.1 Å². The Hall–Kier alpha value is -2.73. The highest BCUT2D eigenvalue weighted by Gasteiger charge is 2.33. The zero-order valence-electron chi connectivity index (χ0n) is 19.6. The fourth-order valence-electron chi connectivity index (χ4n) is 4.21. The van der Waals surface area contributed by atoms with Gasteiger partial charge in [0.25, 0.3) is 5.91 Å². The van der Waals surface area contributed by atoms with Crippen molar-refractivity contribution in [2.24, 2.45) is 0 Å². The van der Waals surface area contributed by atoms with Crippen molar-refractivity contribution in [1.29, 1.82) is 0 Å². The van der Waals surface area contributed by atoms with Gasteiger partial charge in [0, 0.05) is 23.7 Å². The normalized spacial score (nSPS) is 15.4. The van der Waals surface area contributed by atoms with Gasteiger partial charge in [0.15, 0.2) is 6.10 Å². The Morgan fingerprint density at radius 2 is 1.82 bits per heavy atom. The van der Waals surface area contributed by atoms with Crippen molar-refractivity contribution in [3.63, 3.8) is 0 Å². The molecule has 3 heterocycles. The monoisotopic (exact) mass is 463 g/mol. The van der Waals surface area contributed by atoms with Gasteiger partial charge in [-0.25, -0.2) is 4.98 Å². The molecule has 1 unspecified atom stereocenters. The van der Waals surface area contributed by atoms with Crippen molar-refractivity contribution in [2.45, 2.75) is 71.3 Å². The van der Waals surface area contributed by atoms with Crippen LogP contribution in [0.5, 0.6) is 5.75 Å². The molecule has 0 saturated carbocycles. The van der Waals surface area contributed by atoms with E-state index in [0.717, 1.165) is 52.8 Å². The minimum absolute atomic E-state index is 0.0700. The van der Waals surface area contributed by atoms with E-state index in [1.807, 2.05) is 47.5 Å². The Bertz CT molecular complexity index is 1050. The third kappa shape index (κ3) is 5.61. The number of aromatic nitrogens is 2. The number of anilines is 1. The van der Waals surface area contributed by atoms with Crippen molar-refractivity contribution in [3.05, 3.63) is 48.0 Å². The molecule has 3 aromatic rings. The molecule has 1 atom stereocenters. The van der Waals surface area contributed by atoms with Crippen LogP contribution in [0.25, 0.3) is 22.0 Å². The minimum atomic E-state index is -0.400. The zero-order chi connectivity index (χ0) is 23.0. The number of carbonyl (C=O) groups is 1. The van der Waals surface area contributed by atoms with E-state index in [1.54, 1.807) is 17.5 Å². The summed E-state index contributed by atoms with van der Waals surface area (Å²) in [6.07, 6.45) is 10.6. The van der Waals surface area contributed by atoms with Gasteiger partial charge < -0.3 is 9.64 Å². The van der Waals surface area contributed by atoms with E-state index in [4.69, 9.17) is 9.72 Å². The molecule has 0 bridgehead atoms. The average molecular weight is 464 g/mol. The Balaban J connectivity index is 1.51. The lowest BCUT2D eigenvalue weighted by Crippen LogP contribution is -2.46. The fraction of sp³-hybridized carbons (Fsp3) is 0.444. The molecule has 1 amide bonds. The molecule has 0 aliphatic carbocycles. The first-order valence-corrected chi connectivity index (χ1v) is 13.1. The zero-order valence-corrected chi connectivity index (χ0v) is 20.4. The SMILES string of the molecule is CCCCCCCCCN1C(=O)C(CC)Oc2ccc(-c3csc(-c4ccccn4)n3)cc21. The van der Waals surface area contributed by atoms with Gasteiger partial charge in [-0.05, 0) is 43.2 Å². The van der Waals surface area contributed by atoms with Gasteiger partial charge in [0.2, 0.25) is 0 Å². The van der Waals surface area contributed by atoms with Crippen LogP contribution in [0, 0.1) is 0 Å². The maximum Gasteiger partial charge on any atom is 0.268 e. The maximum absolute atomic E-state index is 13.1. The second-order valence-corrected chi connectivity index (χ2v) is 9.42. The predicted octanol–water partition coefficient (Wildman–Crippen LogP) is 7.13. The van der Waals surface area contributed by atoms with Crippen LogP contribution in [0.15, 0.2) is 48.0 Å². The van der Waals surface area contributed by atoms with Crippen molar-refractivity contribution in [1.82, 2.24) is 9.97 Å². The molecular weight excluding hydrogens is 430 g/mol. The van der Waals surface area contributed by atoms with Gasteiger partial charge in [-0.3, -0.25) is 9.78 Å². The van der Waals surface area contributed by atoms with E-state index in [0.29, 0.717) is 6.42 Å². The Morgan fingerprint density at radius 3 is 2.58 bits per heavy atom. The van der Waals surface area contributed by atoms with Gasteiger partial charge in [0.05, 0.1) is 17.1 Å². The van der Waals surface area contributed by atoms with Crippen molar-refractivity contribution >= 4 is 22.9 Å². The molecule has 174 valence electrons. The van der Waals surface area contributed by atoms with Crippen LogP contribution >= 0.6 is 11.3 Å². The third-order valence-corrected chi connectivity index (χ3v) is 6.97. The number of carbonyl (C=O) groups excluding carboxylic acids is 1. The number of thiazole rings is 1. The van der Waals surface area contributed by atoms with Gasteiger partial charge in [-0.15, -0.1) is 11.3 Å². The minimum Gasteiger partial charge on any atom is -0.478 e. The summed E-state index contributed by atoms with van der Waals surface area (Å²) < 4.78 is 6.04. The molecule has 1 aromatic carbocycles. The summed E-state index contributed by atoms with van der Waals surface area (Å²) in [5.74, 6) is 0.855. The number of amides is 1. The summed E-state index contributed by atoms with van der Waals surface area (Å²) >= 11 is 1.58. The van der Waals surface area contributed by atoms with Crippen LogP contribution in [-0.4, -0.2) is 28.5 Å². The molecule has 0 spiro atoms. The van der Waals surface area contributed by atoms with Crippen LogP contribution < -0.4 is 9.64 Å². The summed E-state index contributed by atoms with van der Waals surface area (Å²) in [5.41, 5.74) is 3.62. The fourth-order valence-corrected chi connectivity index (χ4v) is 5.02. The molecular formula is C27H33N3O2S. The van der Waals surface area contributed by atoms with Crippen LogP contribution in [0.2, 0.25) is 0 Å². The van der Waals surface area contributed by atoms with E-state index >= 15 is 0 Å². The summed E-state index contributed by atoms with van der Waals surface area (Å²) in [5, 5.41) is 2.94. The molecule has 0 fully saturated rings. The van der Waals surface area contributed by atoms with Gasteiger partial charge in [0.1, 0.15) is 10.8 Å². The first-order valence-electron chi connectivity index (χ1n) is 12.2. The lowest BCUT2D eigenvalue weighted by Gasteiger charge is -2.34. The second-order valence-electron chi connectivity index (χ2n) is 8.56. The van der Waals surface area contributed by atoms with Gasteiger partial charge in [-0.1, -0.05) is 58.4 Å².